The highest BCUT2D eigenvalue weighted by atomic mass is 32.1. The summed E-state index contributed by atoms with van der Waals surface area (Å²) in [4.78, 5) is 56.3. The van der Waals surface area contributed by atoms with E-state index in [0.29, 0.717) is 31.0 Å². The number of carbonyl (C=O) groups is 4. The van der Waals surface area contributed by atoms with E-state index in [-0.39, 0.29) is 19.7 Å². The molecule has 42 heavy (non-hydrogen) atoms. The van der Waals surface area contributed by atoms with Gasteiger partial charge in [-0.15, -0.1) is 0 Å². The Hall–Kier alpha value is -3.10. The van der Waals surface area contributed by atoms with Crippen molar-refractivity contribution in [1.82, 2.24) is 26.3 Å². The second-order valence-corrected chi connectivity index (χ2v) is 10.2. The summed E-state index contributed by atoms with van der Waals surface area (Å²) in [5.74, 6) is -2.62. The summed E-state index contributed by atoms with van der Waals surface area (Å²) >= 11 is 7.74. The van der Waals surface area contributed by atoms with Gasteiger partial charge in [0.25, 0.3) is 11.8 Å². The lowest BCUT2D eigenvalue weighted by molar-refractivity contribution is -0.196. The van der Waals surface area contributed by atoms with Gasteiger partial charge in [-0.2, -0.15) is 17.7 Å². The lowest BCUT2D eigenvalue weighted by Gasteiger charge is -2.24. The highest BCUT2D eigenvalue weighted by Gasteiger charge is 2.29. The van der Waals surface area contributed by atoms with Crippen molar-refractivity contribution in [3.8, 4) is 0 Å². The molecule has 4 N–H and O–H groups in total. The number of aryl methyl sites for hydroxylation is 1. The first-order valence-electron chi connectivity index (χ1n) is 13.7. The minimum atomic E-state index is -0.728. The zero-order valence-electron chi connectivity index (χ0n) is 24.1. The number of imide groups is 1. The van der Waals surface area contributed by atoms with Crippen molar-refractivity contribution >= 4 is 59.9 Å². The summed E-state index contributed by atoms with van der Waals surface area (Å²) in [5, 5.41) is 13.6. The first-order chi connectivity index (χ1) is 20.2. The molecule has 0 fully saturated rings. The average Bonchev–Trinajstić information content (AvgIpc) is 2.99. The Bertz CT molecular complexity index is 1230. The highest BCUT2D eigenvalue weighted by Crippen LogP contribution is 2.24. The van der Waals surface area contributed by atoms with Crippen molar-refractivity contribution in [2.24, 2.45) is 0 Å². The topological polar surface area (TPSA) is 138 Å². The SMILES string of the molecule is C=C(CS)NCC(=O)NCC(=O)NCC(=O)N(OCCCNCCCOS)C(=O)[C@@H](C)c1ccc2cc(C)ccc2c1. The fraction of sp³-hybridized carbons (Fsp3) is 0.448. The van der Waals surface area contributed by atoms with Crippen LogP contribution in [0.1, 0.15) is 36.8 Å². The first kappa shape index (κ1) is 35.1. The Morgan fingerprint density at radius 2 is 1.52 bits per heavy atom. The monoisotopic (exact) mass is 619 g/mol. The van der Waals surface area contributed by atoms with Crippen molar-refractivity contribution in [3.63, 3.8) is 0 Å². The number of benzene rings is 2. The summed E-state index contributed by atoms with van der Waals surface area (Å²) in [6.45, 7) is 8.46. The highest BCUT2D eigenvalue weighted by molar-refractivity contribution is 7.80. The van der Waals surface area contributed by atoms with Crippen LogP contribution in [0.25, 0.3) is 10.8 Å². The van der Waals surface area contributed by atoms with E-state index in [1.165, 1.54) is 0 Å². The third-order valence-corrected chi connectivity index (χ3v) is 6.76. The van der Waals surface area contributed by atoms with Gasteiger partial charge in [-0.1, -0.05) is 48.5 Å². The molecule has 0 aliphatic heterocycles. The molecule has 0 aliphatic rings. The predicted molar refractivity (Wildman–Crippen MR) is 169 cm³/mol. The van der Waals surface area contributed by atoms with Crippen molar-refractivity contribution in [2.75, 3.05) is 51.7 Å². The van der Waals surface area contributed by atoms with E-state index in [1.807, 2.05) is 37.3 Å². The van der Waals surface area contributed by atoms with Crippen molar-refractivity contribution in [3.05, 3.63) is 59.8 Å². The lowest BCUT2D eigenvalue weighted by Crippen LogP contribution is -2.47. The van der Waals surface area contributed by atoms with Gasteiger partial charge in [0, 0.05) is 11.4 Å². The van der Waals surface area contributed by atoms with E-state index < -0.39 is 36.1 Å². The summed E-state index contributed by atoms with van der Waals surface area (Å²) in [6.07, 6.45) is 1.33. The van der Waals surface area contributed by atoms with E-state index in [2.05, 4.69) is 59.5 Å². The van der Waals surface area contributed by atoms with Crippen LogP contribution in [0, 0.1) is 6.92 Å². The molecule has 0 bridgehead atoms. The Kier molecular flexibility index (Phi) is 16.0. The number of thiol groups is 2. The summed E-state index contributed by atoms with van der Waals surface area (Å²) in [7, 11) is 0. The molecular weight excluding hydrogens is 578 g/mol. The molecular formula is C29H41N5O6S2. The second-order valence-electron chi connectivity index (χ2n) is 9.65. The third-order valence-electron chi connectivity index (χ3n) is 6.20. The molecule has 11 nitrogen and oxygen atoms in total. The van der Waals surface area contributed by atoms with Crippen LogP contribution >= 0.6 is 25.5 Å². The van der Waals surface area contributed by atoms with Crippen LogP contribution in [0.4, 0.5) is 0 Å². The number of nitrogens with zero attached hydrogens (tertiary/aromatic N) is 1. The Balaban J connectivity index is 1.99. The molecule has 2 rings (SSSR count). The van der Waals surface area contributed by atoms with Crippen molar-refractivity contribution in [1.29, 1.82) is 0 Å². The van der Waals surface area contributed by atoms with Gasteiger partial charge in [-0.25, -0.2) is 0 Å². The van der Waals surface area contributed by atoms with Gasteiger partial charge in [0.2, 0.25) is 11.8 Å². The summed E-state index contributed by atoms with van der Waals surface area (Å²) < 4.78 is 4.72. The van der Waals surface area contributed by atoms with Gasteiger partial charge in [0.1, 0.15) is 0 Å². The number of carbonyl (C=O) groups excluding carboxylic acids is 4. The maximum Gasteiger partial charge on any atom is 0.272 e. The largest absolute Gasteiger partial charge is 0.379 e. The number of nitrogens with one attached hydrogen (secondary N) is 4. The predicted octanol–water partition coefficient (Wildman–Crippen LogP) is 2.04. The fourth-order valence-corrected chi connectivity index (χ4v) is 4.02. The fourth-order valence-electron chi connectivity index (χ4n) is 3.78. The molecule has 0 radical (unpaired) electrons. The second kappa shape index (κ2) is 19.2. The maximum absolute atomic E-state index is 13.5. The smallest absolute Gasteiger partial charge is 0.272 e. The Morgan fingerprint density at radius 3 is 2.21 bits per heavy atom. The number of hydrogen-bond donors (Lipinski definition) is 6. The molecule has 0 spiro atoms. The molecule has 0 saturated heterocycles. The van der Waals surface area contributed by atoms with E-state index in [1.54, 1.807) is 6.92 Å². The molecule has 0 aliphatic carbocycles. The number of rotatable bonds is 19. The van der Waals surface area contributed by atoms with Crippen LogP contribution in [-0.4, -0.2) is 80.4 Å². The van der Waals surface area contributed by atoms with Gasteiger partial charge in [-0.05, 0) is 69.0 Å². The number of hydroxylamine groups is 2. The molecule has 0 aromatic heterocycles. The molecule has 230 valence electrons. The van der Waals surface area contributed by atoms with Crippen LogP contribution in [0.5, 0.6) is 0 Å². The zero-order chi connectivity index (χ0) is 30.9. The molecule has 1 atom stereocenters. The average molecular weight is 620 g/mol. The quantitative estimate of drug-likeness (QED) is 0.0609. The van der Waals surface area contributed by atoms with Crippen LogP contribution in [0.15, 0.2) is 48.7 Å². The molecule has 0 saturated carbocycles. The van der Waals surface area contributed by atoms with Gasteiger partial charge < -0.3 is 25.5 Å². The number of fused-ring (bicyclic) bond motifs is 1. The Labute approximate surface area is 258 Å². The van der Waals surface area contributed by atoms with Gasteiger partial charge in [-0.3, -0.25) is 24.0 Å². The normalized spacial score (nSPS) is 11.5. The van der Waals surface area contributed by atoms with Crippen LogP contribution in [-0.2, 0) is 28.2 Å². The van der Waals surface area contributed by atoms with E-state index in [4.69, 9.17) is 9.02 Å². The number of hydrogen-bond acceptors (Lipinski definition) is 10. The molecule has 4 amide bonds. The summed E-state index contributed by atoms with van der Waals surface area (Å²) in [5.41, 5.74) is 2.43. The molecule has 0 heterocycles. The standard InChI is InChI=1S/C29H41N5O6S2/c1-20-6-7-25-15-23(8-9-24(25)14-20)22(3)29(38)34(39-12-4-10-30-11-5-13-40-42)28(37)18-33-27(36)17-32-26(35)16-31-21(2)19-41/h6-9,14-15,22,30-31,41-42H,2,4-5,10-13,16-19H2,1,3H3,(H,32,35)(H,33,36)/t22-/m0/s1. The van der Waals surface area contributed by atoms with E-state index in [9.17, 15) is 19.2 Å². The molecule has 2 aromatic rings. The molecule has 2 aromatic carbocycles. The van der Waals surface area contributed by atoms with Gasteiger partial charge in [0.05, 0.1) is 38.8 Å². The summed E-state index contributed by atoms with van der Waals surface area (Å²) in [6, 6.07) is 11.8. The minimum absolute atomic E-state index is 0.0637. The third kappa shape index (κ3) is 12.4. The maximum atomic E-state index is 13.5. The van der Waals surface area contributed by atoms with E-state index >= 15 is 0 Å². The van der Waals surface area contributed by atoms with E-state index in [0.717, 1.165) is 39.9 Å². The molecule has 0 unspecified atom stereocenters. The Morgan fingerprint density at radius 1 is 0.905 bits per heavy atom. The zero-order valence-corrected chi connectivity index (χ0v) is 25.9. The lowest BCUT2D eigenvalue weighted by atomic mass is 9.96. The van der Waals surface area contributed by atoms with Crippen molar-refractivity contribution in [2.45, 2.75) is 32.6 Å². The van der Waals surface area contributed by atoms with Crippen LogP contribution in [0.2, 0.25) is 0 Å². The van der Waals surface area contributed by atoms with Crippen molar-refractivity contribution < 1.29 is 28.2 Å². The van der Waals surface area contributed by atoms with Gasteiger partial charge in [0.15, 0.2) is 0 Å². The van der Waals surface area contributed by atoms with Crippen LogP contribution in [0.3, 0.4) is 0 Å². The first-order valence-corrected chi connectivity index (χ1v) is 14.7. The minimum Gasteiger partial charge on any atom is -0.379 e. The molecule has 13 heteroatoms. The number of amides is 4. The van der Waals surface area contributed by atoms with Gasteiger partial charge >= 0.3 is 0 Å². The van der Waals surface area contributed by atoms with Crippen LogP contribution < -0.4 is 21.3 Å².